The summed E-state index contributed by atoms with van der Waals surface area (Å²) in [5.41, 5.74) is 1.45. The minimum absolute atomic E-state index is 0.351. The molecule has 3 aromatic rings. The minimum Gasteiger partial charge on any atom is -0.497 e. The van der Waals surface area contributed by atoms with E-state index in [1.165, 1.54) is 18.5 Å². The molecular weight excluding hydrogens is 349 g/mol. The van der Waals surface area contributed by atoms with Gasteiger partial charge in [0, 0.05) is 30.2 Å². The zero-order valence-electron chi connectivity index (χ0n) is 14.8. The maximum atomic E-state index is 14.2. The molecule has 0 fully saturated rings. The van der Waals surface area contributed by atoms with Crippen LogP contribution in [0.25, 0.3) is 11.8 Å². The lowest BCUT2D eigenvalue weighted by Crippen LogP contribution is -2.08. The predicted octanol–water partition coefficient (Wildman–Crippen LogP) is 3.68. The molecule has 1 aromatic heterocycles. The Labute approximate surface area is 155 Å². The average molecular weight is 367 g/mol. The van der Waals surface area contributed by atoms with Crippen LogP contribution in [0.4, 0.5) is 10.1 Å². The van der Waals surface area contributed by atoms with Gasteiger partial charge in [0.05, 0.1) is 26.2 Å². The molecule has 0 saturated heterocycles. The first-order chi connectivity index (χ1) is 13.1. The zero-order valence-corrected chi connectivity index (χ0v) is 14.8. The van der Waals surface area contributed by atoms with Crippen LogP contribution in [0.3, 0.4) is 0 Å². The Morgan fingerprint density at radius 2 is 1.89 bits per heavy atom. The second kappa shape index (κ2) is 8.18. The van der Waals surface area contributed by atoms with Crippen LogP contribution in [-0.4, -0.2) is 29.7 Å². The average Bonchev–Trinajstić information content (AvgIpc) is 3.20. The van der Waals surface area contributed by atoms with Gasteiger partial charge in [-0.15, -0.1) is 0 Å². The monoisotopic (exact) mass is 367 g/mol. The number of anilines is 1. The molecule has 7 heteroatoms. The van der Waals surface area contributed by atoms with Crippen LogP contribution in [0.15, 0.2) is 61.2 Å². The molecule has 0 saturated carbocycles. The highest BCUT2D eigenvalue weighted by atomic mass is 19.1. The Balaban J connectivity index is 1.71. The van der Waals surface area contributed by atoms with Gasteiger partial charge in [-0.3, -0.25) is 4.79 Å². The SMILES string of the molecule is COc1cc(/C=C/C(=O)Nc2ccc(-n3ccnc3)c(F)c2)cc(OC)c1. The number of nitrogens with one attached hydrogen (secondary N) is 1. The minimum atomic E-state index is -0.465. The zero-order chi connectivity index (χ0) is 19.2. The summed E-state index contributed by atoms with van der Waals surface area (Å²) in [6.45, 7) is 0. The first-order valence-corrected chi connectivity index (χ1v) is 8.09. The maximum Gasteiger partial charge on any atom is 0.248 e. The van der Waals surface area contributed by atoms with Gasteiger partial charge in [0.2, 0.25) is 5.91 Å². The molecule has 27 heavy (non-hydrogen) atoms. The van der Waals surface area contributed by atoms with Crippen LogP contribution < -0.4 is 14.8 Å². The van der Waals surface area contributed by atoms with Gasteiger partial charge in [0.1, 0.15) is 17.3 Å². The molecule has 0 unspecified atom stereocenters. The fourth-order valence-electron chi connectivity index (χ4n) is 2.48. The van der Waals surface area contributed by atoms with E-state index in [1.54, 1.807) is 67.6 Å². The molecule has 0 spiro atoms. The van der Waals surface area contributed by atoms with E-state index in [9.17, 15) is 9.18 Å². The molecule has 6 nitrogen and oxygen atoms in total. The van der Waals surface area contributed by atoms with Crippen LogP contribution in [0.5, 0.6) is 11.5 Å². The standard InChI is InChI=1S/C20H18FN3O3/c1-26-16-9-14(10-17(12-16)27-2)3-6-20(25)23-15-4-5-19(18(21)11-15)24-8-7-22-13-24/h3-13H,1-2H3,(H,23,25)/b6-3+. The molecule has 3 rings (SSSR count). The normalized spacial score (nSPS) is 10.8. The number of benzene rings is 2. The number of nitrogens with zero attached hydrogens (tertiary/aromatic N) is 2. The maximum absolute atomic E-state index is 14.2. The van der Waals surface area contributed by atoms with Crippen molar-refractivity contribution in [1.29, 1.82) is 0 Å². The summed E-state index contributed by atoms with van der Waals surface area (Å²) in [6.07, 6.45) is 7.68. The number of hydrogen-bond donors (Lipinski definition) is 1. The first-order valence-electron chi connectivity index (χ1n) is 8.09. The lowest BCUT2D eigenvalue weighted by Gasteiger charge is -2.07. The van der Waals surface area contributed by atoms with Gasteiger partial charge in [0.25, 0.3) is 0 Å². The lowest BCUT2D eigenvalue weighted by atomic mass is 10.2. The number of carbonyl (C=O) groups is 1. The molecule has 0 atom stereocenters. The van der Waals surface area contributed by atoms with Gasteiger partial charge >= 0.3 is 0 Å². The van der Waals surface area contributed by atoms with Gasteiger partial charge in [-0.25, -0.2) is 9.37 Å². The number of aromatic nitrogens is 2. The Morgan fingerprint density at radius 3 is 2.48 bits per heavy atom. The van der Waals surface area contributed by atoms with E-state index in [2.05, 4.69) is 10.3 Å². The van der Waals surface area contributed by atoms with Crippen molar-refractivity contribution in [2.75, 3.05) is 19.5 Å². The number of halogens is 1. The molecule has 1 N–H and O–H groups in total. The molecule has 0 aliphatic rings. The van der Waals surface area contributed by atoms with Gasteiger partial charge in [-0.1, -0.05) is 0 Å². The van der Waals surface area contributed by atoms with Gasteiger partial charge < -0.3 is 19.4 Å². The highest BCUT2D eigenvalue weighted by molar-refractivity contribution is 6.02. The van der Waals surface area contributed by atoms with Crippen molar-refractivity contribution in [1.82, 2.24) is 9.55 Å². The molecule has 0 aliphatic carbocycles. The molecule has 138 valence electrons. The van der Waals surface area contributed by atoms with E-state index in [1.807, 2.05) is 0 Å². The van der Waals surface area contributed by atoms with Crippen molar-refractivity contribution in [2.45, 2.75) is 0 Å². The Kier molecular flexibility index (Phi) is 5.51. The summed E-state index contributed by atoms with van der Waals surface area (Å²) in [5, 5.41) is 2.63. The summed E-state index contributed by atoms with van der Waals surface area (Å²) in [7, 11) is 3.11. The number of hydrogen-bond acceptors (Lipinski definition) is 4. The van der Waals surface area contributed by atoms with Crippen LogP contribution in [0, 0.1) is 5.82 Å². The quantitative estimate of drug-likeness (QED) is 0.675. The number of carbonyl (C=O) groups excluding carboxylic acids is 1. The Hall–Kier alpha value is -3.61. The van der Waals surface area contributed by atoms with Gasteiger partial charge in [0.15, 0.2) is 0 Å². The van der Waals surface area contributed by atoms with Crippen LogP contribution >= 0.6 is 0 Å². The fourth-order valence-corrected chi connectivity index (χ4v) is 2.48. The number of ether oxygens (including phenoxy) is 2. The van der Waals surface area contributed by atoms with Crippen molar-refractivity contribution >= 4 is 17.7 Å². The molecule has 0 bridgehead atoms. The van der Waals surface area contributed by atoms with Crippen molar-refractivity contribution in [3.05, 3.63) is 72.6 Å². The number of imidazole rings is 1. The smallest absolute Gasteiger partial charge is 0.248 e. The van der Waals surface area contributed by atoms with Gasteiger partial charge in [-0.2, -0.15) is 0 Å². The third-order valence-electron chi connectivity index (χ3n) is 3.80. The van der Waals surface area contributed by atoms with E-state index in [4.69, 9.17) is 9.47 Å². The largest absolute Gasteiger partial charge is 0.497 e. The van der Waals surface area contributed by atoms with Crippen molar-refractivity contribution in [3.8, 4) is 17.2 Å². The Bertz CT molecular complexity index is 946. The molecule has 0 aliphatic heterocycles. The molecule has 2 aromatic carbocycles. The van der Waals surface area contributed by atoms with Gasteiger partial charge in [-0.05, 0) is 42.0 Å². The first kappa shape index (κ1) is 18.2. The molecule has 1 amide bonds. The number of amides is 1. The topological polar surface area (TPSA) is 65.4 Å². The highest BCUT2D eigenvalue weighted by Gasteiger charge is 2.07. The summed E-state index contributed by atoms with van der Waals surface area (Å²) >= 11 is 0. The van der Waals surface area contributed by atoms with Crippen molar-refractivity contribution in [2.24, 2.45) is 0 Å². The summed E-state index contributed by atoms with van der Waals surface area (Å²) in [6, 6.07) is 9.73. The van der Waals surface area contributed by atoms with Crippen molar-refractivity contribution in [3.63, 3.8) is 0 Å². The molecule has 0 radical (unpaired) electrons. The van der Waals surface area contributed by atoms with Crippen molar-refractivity contribution < 1.29 is 18.7 Å². The van der Waals surface area contributed by atoms with E-state index in [-0.39, 0.29) is 5.91 Å². The molecule has 1 heterocycles. The lowest BCUT2D eigenvalue weighted by molar-refractivity contribution is -0.111. The third kappa shape index (κ3) is 4.52. The van der Waals surface area contributed by atoms with Crippen LogP contribution in [-0.2, 0) is 4.79 Å². The van der Waals surface area contributed by atoms with E-state index < -0.39 is 5.82 Å². The van der Waals surface area contributed by atoms with Crippen LogP contribution in [0.1, 0.15) is 5.56 Å². The van der Waals surface area contributed by atoms with E-state index in [0.717, 1.165) is 5.56 Å². The third-order valence-corrected chi connectivity index (χ3v) is 3.80. The number of rotatable bonds is 6. The fraction of sp³-hybridized carbons (Fsp3) is 0.100. The predicted molar refractivity (Wildman–Crippen MR) is 101 cm³/mol. The summed E-state index contributed by atoms with van der Waals surface area (Å²) in [5.74, 6) is 0.386. The number of methoxy groups -OCH3 is 2. The van der Waals surface area contributed by atoms with E-state index in [0.29, 0.717) is 22.9 Å². The Morgan fingerprint density at radius 1 is 1.15 bits per heavy atom. The highest BCUT2D eigenvalue weighted by Crippen LogP contribution is 2.23. The summed E-state index contributed by atoms with van der Waals surface area (Å²) in [4.78, 5) is 16.0. The van der Waals surface area contributed by atoms with Crippen LogP contribution in [0.2, 0.25) is 0 Å². The molecular formula is C20H18FN3O3. The summed E-state index contributed by atoms with van der Waals surface area (Å²) < 4.78 is 26.2. The second-order valence-electron chi connectivity index (χ2n) is 5.60. The second-order valence-corrected chi connectivity index (χ2v) is 5.60. The van der Waals surface area contributed by atoms with E-state index >= 15 is 0 Å².